The minimum Gasteiger partial charge on any atom is -0.350 e. The molecule has 1 aromatic carbocycles. The highest BCUT2D eigenvalue weighted by Crippen LogP contribution is 2.27. The number of hydrogen-bond acceptors (Lipinski definition) is 3. The van der Waals surface area contributed by atoms with Gasteiger partial charge in [0.25, 0.3) is 5.91 Å². The summed E-state index contributed by atoms with van der Waals surface area (Å²) in [5, 5.41) is 3.16. The van der Waals surface area contributed by atoms with Crippen LogP contribution in [0, 0.1) is 5.92 Å². The smallest absolute Gasteiger partial charge is 0.254 e. The molecule has 1 heterocycles. The quantitative estimate of drug-likeness (QED) is 0.825. The van der Waals surface area contributed by atoms with Crippen molar-refractivity contribution in [3.05, 3.63) is 35.9 Å². The molecule has 2 atom stereocenters. The van der Waals surface area contributed by atoms with Crippen LogP contribution in [-0.2, 0) is 4.79 Å². The lowest BCUT2D eigenvalue weighted by Gasteiger charge is -2.32. The van der Waals surface area contributed by atoms with E-state index in [-0.39, 0.29) is 36.3 Å². The molecular weight excluding hydrogens is 350 g/mol. The van der Waals surface area contributed by atoms with Crippen LogP contribution in [0.2, 0.25) is 0 Å². The van der Waals surface area contributed by atoms with Crippen molar-refractivity contribution in [3.8, 4) is 0 Å². The van der Waals surface area contributed by atoms with Gasteiger partial charge >= 0.3 is 0 Å². The molecule has 144 valence electrons. The maximum Gasteiger partial charge on any atom is 0.254 e. The first kappa shape index (κ1) is 20.7. The van der Waals surface area contributed by atoms with Crippen LogP contribution in [0.5, 0.6) is 0 Å². The standard InChI is InChI=1S/C20H29N3O2.ClH/c21-14-17(15-8-3-1-4-9-15)22-19(24)18-12-7-13-23(18)20(25)16-10-5-2-6-11-16;/h2,5-6,10-11,15,17-18H,1,3-4,7-9,12-14,21H2,(H,22,24);1H. The Balaban J connectivity index is 0.00000243. The van der Waals surface area contributed by atoms with E-state index in [2.05, 4.69) is 5.32 Å². The minimum atomic E-state index is -0.370. The van der Waals surface area contributed by atoms with Gasteiger partial charge in [-0.05, 0) is 43.7 Å². The number of halogens is 1. The number of amides is 2. The fourth-order valence-corrected chi connectivity index (χ4v) is 4.21. The van der Waals surface area contributed by atoms with Crippen molar-refractivity contribution < 1.29 is 9.59 Å². The number of nitrogens with two attached hydrogens (primary N) is 1. The molecule has 1 saturated carbocycles. The van der Waals surface area contributed by atoms with Gasteiger partial charge in [-0.25, -0.2) is 0 Å². The summed E-state index contributed by atoms with van der Waals surface area (Å²) in [7, 11) is 0. The zero-order valence-corrected chi connectivity index (χ0v) is 16.0. The summed E-state index contributed by atoms with van der Waals surface area (Å²) >= 11 is 0. The number of likely N-dealkylation sites (tertiary alicyclic amines) is 1. The van der Waals surface area contributed by atoms with E-state index in [4.69, 9.17) is 5.73 Å². The van der Waals surface area contributed by atoms with Crippen molar-refractivity contribution in [1.82, 2.24) is 10.2 Å². The zero-order valence-electron chi connectivity index (χ0n) is 15.2. The molecule has 3 N–H and O–H groups in total. The van der Waals surface area contributed by atoms with Gasteiger partial charge in [0.05, 0.1) is 0 Å². The summed E-state index contributed by atoms with van der Waals surface area (Å²) in [6, 6.07) is 8.87. The van der Waals surface area contributed by atoms with E-state index in [1.165, 1.54) is 19.3 Å². The second-order valence-electron chi connectivity index (χ2n) is 7.27. The first-order chi connectivity index (χ1) is 12.2. The highest BCUT2D eigenvalue weighted by Gasteiger charge is 2.36. The SMILES string of the molecule is Cl.NCC(NC(=O)C1CCCN1C(=O)c1ccccc1)C1CCCCC1. The molecule has 1 saturated heterocycles. The summed E-state index contributed by atoms with van der Waals surface area (Å²) < 4.78 is 0. The maximum atomic E-state index is 12.8. The van der Waals surface area contributed by atoms with Gasteiger partial charge in [0, 0.05) is 24.7 Å². The Bertz CT molecular complexity index is 590. The number of benzene rings is 1. The molecule has 1 aliphatic carbocycles. The Morgan fingerprint density at radius 3 is 2.42 bits per heavy atom. The van der Waals surface area contributed by atoms with Crippen molar-refractivity contribution in [3.63, 3.8) is 0 Å². The largest absolute Gasteiger partial charge is 0.350 e. The predicted molar refractivity (Wildman–Crippen MR) is 105 cm³/mol. The molecule has 2 unspecified atom stereocenters. The fraction of sp³-hybridized carbons (Fsp3) is 0.600. The van der Waals surface area contributed by atoms with Gasteiger partial charge in [0.15, 0.2) is 0 Å². The molecule has 26 heavy (non-hydrogen) atoms. The number of hydrogen-bond donors (Lipinski definition) is 2. The molecule has 2 amide bonds. The molecule has 6 heteroatoms. The van der Waals surface area contributed by atoms with Crippen molar-refractivity contribution in [2.24, 2.45) is 11.7 Å². The van der Waals surface area contributed by atoms with E-state index in [1.54, 1.807) is 17.0 Å². The van der Waals surface area contributed by atoms with Gasteiger partial charge in [0.1, 0.15) is 6.04 Å². The average Bonchev–Trinajstić information content (AvgIpc) is 3.16. The highest BCUT2D eigenvalue weighted by atomic mass is 35.5. The Kier molecular flexibility index (Phi) is 7.91. The van der Waals surface area contributed by atoms with Gasteiger partial charge < -0.3 is 16.0 Å². The summed E-state index contributed by atoms with van der Waals surface area (Å²) in [5.74, 6) is 0.380. The number of nitrogens with one attached hydrogen (secondary N) is 1. The molecule has 0 bridgehead atoms. The number of carbonyl (C=O) groups is 2. The lowest BCUT2D eigenvalue weighted by atomic mass is 9.84. The number of nitrogens with zero attached hydrogens (tertiary/aromatic N) is 1. The number of rotatable bonds is 5. The van der Waals surface area contributed by atoms with E-state index in [0.29, 0.717) is 24.6 Å². The summed E-state index contributed by atoms with van der Waals surface area (Å²) in [6.45, 7) is 1.11. The van der Waals surface area contributed by atoms with Crippen LogP contribution in [0.4, 0.5) is 0 Å². The third-order valence-electron chi connectivity index (χ3n) is 5.64. The topological polar surface area (TPSA) is 75.4 Å². The van der Waals surface area contributed by atoms with Crippen LogP contribution in [0.15, 0.2) is 30.3 Å². The van der Waals surface area contributed by atoms with Crippen molar-refractivity contribution in [1.29, 1.82) is 0 Å². The molecule has 2 fully saturated rings. The molecule has 1 aromatic rings. The maximum absolute atomic E-state index is 12.8. The van der Waals surface area contributed by atoms with Crippen molar-refractivity contribution >= 4 is 24.2 Å². The van der Waals surface area contributed by atoms with E-state index >= 15 is 0 Å². The van der Waals surface area contributed by atoms with Crippen LogP contribution < -0.4 is 11.1 Å². The molecular formula is C20H30ClN3O2. The van der Waals surface area contributed by atoms with Crippen LogP contribution in [-0.4, -0.2) is 41.9 Å². The lowest BCUT2D eigenvalue weighted by molar-refractivity contribution is -0.126. The normalized spacial score (nSPS) is 21.7. The third-order valence-corrected chi connectivity index (χ3v) is 5.64. The minimum absolute atomic E-state index is 0. The predicted octanol–water partition coefficient (Wildman–Crippen LogP) is 2.74. The molecule has 0 radical (unpaired) electrons. The average molecular weight is 380 g/mol. The number of carbonyl (C=O) groups excluding carboxylic acids is 2. The molecule has 2 aliphatic rings. The first-order valence-electron chi connectivity index (χ1n) is 9.57. The molecule has 1 aliphatic heterocycles. The Morgan fingerprint density at radius 1 is 1.08 bits per heavy atom. The zero-order chi connectivity index (χ0) is 17.6. The monoisotopic (exact) mass is 379 g/mol. The van der Waals surface area contributed by atoms with Crippen LogP contribution >= 0.6 is 12.4 Å². The van der Waals surface area contributed by atoms with Gasteiger partial charge in [0.2, 0.25) is 5.91 Å². The highest BCUT2D eigenvalue weighted by molar-refractivity contribution is 5.98. The van der Waals surface area contributed by atoms with Crippen LogP contribution in [0.3, 0.4) is 0 Å². The summed E-state index contributed by atoms with van der Waals surface area (Å²) in [4.78, 5) is 27.3. The van der Waals surface area contributed by atoms with Crippen molar-refractivity contribution in [2.45, 2.75) is 57.0 Å². The summed E-state index contributed by atoms with van der Waals surface area (Å²) in [5.41, 5.74) is 6.58. The Hall–Kier alpha value is -1.59. The molecule has 0 aromatic heterocycles. The molecule has 3 rings (SSSR count). The van der Waals surface area contributed by atoms with E-state index < -0.39 is 0 Å². The van der Waals surface area contributed by atoms with Crippen LogP contribution in [0.25, 0.3) is 0 Å². The second kappa shape index (κ2) is 9.93. The molecule has 5 nitrogen and oxygen atoms in total. The van der Waals surface area contributed by atoms with Gasteiger partial charge in [-0.1, -0.05) is 37.5 Å². The fourth-order valence-electron chi connectivity index (χ4n) is 4.21. The van der Waals surface area contributed by atoms with Crippen molar-refractivity contribution in [2.75, 3.05) is 13.1 Å². The van der Waals surface area contributed by atoms with Crippen LogP contribution in [0.1, 0.15) is 55.3 Å². The van der Waals surface area contributed by atoms with E-state index in [0.717, 1.165) is 25.7 Å². The second-order valence-corrected chi connectivity index (χ2v) is 7.27. The molecule has 0 spiro atoms. The Labute approximate surface area is 162 Å². The third kappa shape index (κ3) is 4.77. The Morgan fingerprint density at radius 2 is 1.77 bits per heavy atom. The first-order valence-corrected chi connectivity index (χ1v) is 9.57. The van der Waals surface area contributed by atoms with Gasteiger partial charge in [-0.3, -0.25) is 9.59 Å². The lowest BCUT2D eigenvalue weighted by Crippen LogP contribution is -2.53. The summed E-state index contributed by atoms with van der Waals surface area (Å²) in [6.07, 6.45) is 7.60. The van der Waals surface area contributed by atoms with Gasteiger partial charge in [-0.15, -0.1) is 12.4 Å². The van der Waals surface area contributed by atoms with E-state index in [9.17, 15) is 9.59 Å². The van der Waals surface area contributed by atoms with E-state index in [1.807, 2.05) is 18.2 Å². The van der Waals surface area contributed by atoms with Gasteiger partial charge in [-0.2, -0.15) is 0 Å².